The van der Waals surface area contributed by atoms with E-state index in [4.69, 9.17) is 16.4 Å². The summed E-state index contributed by atoms with van der Waals surface area (Å²) in [6, 6.07) is 13.0. The lowest BCUT2D eigenvalue weighted by Gasteiger charge is -2.07. The summed E-state index contributed by atoms with van der Waals surface area (Å²) >= 11 is 5.80. The van der Waals surface area contributed by atoms with E-state index in [0.29, 0.717) is 10.6 Å². The monoisotopic (exact) mass is 374 g/mol. The van der Waals surface area contributed by atoms with Crippen molar-refractivity contribution < 1.29 is 13.6 Å². The largest absolute Gasteiger partial charge is 0.363 e. The van der Waals surface area contributed by atoms with Crippen molar-refractivity contribution in [3.8, 4) is 6.01 Å². The molecule has 132 valence electrons. The summed E-state index contributed by atoms with van der Waals surface area (Å²) in [6.45, 7) is 0.0636. The standard InChI is InChI=1S/C18H13ClF2N4O/c19-14-7-5-12(6-8-14)9-24-26-18-23-11-16(21)17(25-18)22-10-13-3-1-2-4-15(13)20/h1-9,11H,10H2,(H,22,23,25). The van der Waals surface area contributed by atoms with E-state index in [1.807, 2.05) is 0 Å². The number of anilines is 1. The predicted octanol–water partition coefficient (Wildman–Crippen LogP) is 4.43. The van der Waals surface area contributed by atoms with Crippen molar-refractivity contribution in [2.24, 2.45) is 5.16 Å². The van der Waals surface area contributed by atoms with Crippen LogP contribution in [0.5, 0.6) is 6.01 Å². The quantitative estimate of drug-likeness (QED) is 0.512. The maximum atomic E-state index is 13.8. The molecule has 3 rings (SSSR count). The Bertz CT molecular complexity index is 919. The van der Waals surface area contributed by atoms with E-state index in [1.54, 1.807) is 42.5 Å². The minimum Gasteiger partial charge on any atom is -0.363 e. The van der Waals surface area contributed by atoms with Crippen LogP contribution in [0.15, 0.2) is 59.9 Å². The molecule has 0 saturated carbocycles. The molecule has 0 fully saturated rings. The summed E-state index contributed by atoms with van der Waals surface area (Å²) in [4.78, 5) is 12.6. The molecule has 0 atom stereocenters. The molecule has 3 aromatic rings. The molecule has 0 spiro atoms. The van der Waals surface area contributed by atoms with E-state index in [-0.39, 0.29) is 18.4 Å². The molecule has 1 aromatic heterocycles. The van der Waals surface area contributed by atoms with E-state index < -0.39 is 11.6 Å². The Morgan fingerprint density at radius 2 is 1.85 bits per heavy atom. The Hall–Kier alpha value is -3.06. The number of halogens is 3. The highest BCUT2D eigenvalue weighted by Gasteiger charge is 2.09. The number of aromatic nitrogens is 2. The van der Waals surface area contributed by atoms with Gasteiger partial charge in [0.05, 0.1) is 12.4 Å². The lowest BCUT2D eigenvalue weighted by Crippen LogP contribution is -2.06. The molecule has 8 heteroatoms. The Balaban J connectivity index is 1.65. The maximum absolute atomic E-state index is 13.8. The molecule has 0 bridgehead atoms. The van der Waals surface area contributed by atoms with Gasteiger partial charge in [0, 0.05) is 17.1 Å². The molecule has 2 aromatic carbocycles. The second-order valence-electron chi connectivity index (χ2n) is 5.17. The number of oxime groups is 1. The fourth-order valence-electron chi connectivity index (χ4n) is 2.02. The molecule has 0 aliphatic carbocycles. The van der Waals surface area contributed by atoms with Crippen LogP contribution >= 0.6 is 11.6 Å². The zero-order valence-corrected chi connectivity index (χ0v) is 14.1. The molecule has 1 heterocycles. The van der Waals surface area contributed by atoms with Crippen LogP contribution in [0.3, 0.4) is 0 Å². The van der Waals surface area contributed by atoms with Gasteiger partial charge in [-0.2, -0.15) is 9.97 Å². The number of nitrogens with one attached hydrogen (secondary N) is 1. The number of benzene rings is 2. The minimum absolute atomic E-state index is 0.0636. The molecule has 26 heavy (non-hydrogen) atoms. The molecular weight excluding hydrogens is 362 g/mol. The molecule has 0 unspecified atom stereocenters. The van der Waals surface area contributed by atoms with Gasteiger partial charge >= 0.3 is 6.01 Å². The van der Waals surface area contributed by atoms with Crippen LogP contribution in [0.4, 0.5) is 14.6 Å². The van der Waals surface area contributed by atoms with Gasteiger partial charge in [0.2, 0.25) is 0 Å². The van der Waals surface area contributed by atoms with Gasteiger partial charge < -0.3 is 10.2 Å². The van der Waals surface area contributed by atoms with E-state index in [9.17, 15) is 8.78 Å². The SMILES string of the molecule is Fc1ccccc1CNc1nc(ON=Cc2ccc(Cl)cc2)ncc1F. The van der Waals surface area contributed by atoms with Crippen molar-refractivity contribution in [2.75, 3.05) is 5.32 Å². The Labute approximate surface area is 153 Å². The van der Waals surface area contributed by atoms with Crippen molar-refractivity contribution in [3.05, 3.63) is 82.5 Å². The van der Waals surface area contributed by atoms with Crippen molar-refractivity contribution in [3.63, 3.8) is 0 Å². The first-order valence-corrected chi connectivity index (χ1v) is 7.95. The summed E-state index contributed by atoms with van der Waals surface area (Å²) < 4.78 is 27.4. The average Bonchev–Trinajstić information content (AvgIpc) is 2.65. The molecule has 0 aliphatic rings. The van der Waals surface area contributed by atoms with Crippen molar-refractivity contribution in [1.82, 2.24) is 9.97 Å². The van der Waals surface area contributed by atoms with Crippen molar-refractivity contribution >= 4 is 23.6 Å². The summed E-state index contributed by atoms with van der Waals surface area (Å²) in [7, 11) is 0. The highest BCUT2D eigenvalue weighted by Crippen LogP contribution is 2.16. The van der Waals surface area contributed by atoms with Crippen molar-refractivity contribution in [1.29, 1.82) is 0 Å². The van der Waals surface area contributed by atoms with Crippen LogP contribution < -0.4 is 10.2 Å². The number of hydrogen-bond donors (Lipinski definition) is 1. The van der Waals surface area contributed by atoms with Crippen LogP contribution in [-0.2, 0) is 6.54 Å². The van der Waals surface area contributed by atoms with Gasteiger partial charge in [-0.05, 0) is 23.8 Å². The Kier molecular flexibility index (Phi) is 5.70. The second-order valence-corrected chi connectivity index (χ2v) is 5.61. The fraction of sp³-hybridized carbons (Fsp3) is 0.0556. The fourth-order valence-corrected chi connectivity index (χ4v) is 2.15. The molecule has 0 radical (unpaired) electrons. The first kappa shape index (κ1) is 17.8. The zero-order valence-electron chi connectivity index (χ0n) is 13.4. The van der Waals surface area contributed by atoms with Gasteiger partial charge in [0.25, 0.3) is 0 Å². The highest BCUT2D eigenvalue weighted by molar-refractivity contribution is 6.30. The third-order valence-electron chi connectivity index (χ3n) is 3.33. The van der Waals surface area contributed by atoms with Crippen LogP contribution in [0.1, 0.15) is 11.1 Å². The van der Waals surface area contributed by atoms with Gasteiger partial charge in [0.15, 0.2) is 11.6 Å². The molecular formula is C18H13ClF2N4O. The number of hydrogen-bond acceptors (Lipinski definition) is 5. The van der Waals surface area contributed by atoms with Gasteiger partial charge in [-0.3, -0.25) is 0 Å². The van der Waals surface area contributed by atoms with E-state index >= 15 is 0 Å². The molecule has 1 N–H and O–H groups in total. The summed E-state index contributed by atoms with van der Waals surface area (Å²) in [5.41, 5.74) is 1.14. The molecule has 5 nitrogen and oxygen atoms in total. The third-order valence-corrected chi connectivity index (χ3v) is 3.58. The molecule has 0 saturated heterocycles. The number of nitrogens with zero attached hydrogens (tertiary/aromatic N) is 3. The van der Waals surface area contributed by atoms with E-state index in [2.05, 4.69) is 20.4 Å². The Morgan fingerprint density at radius 3 is 2.62 bits per heavy atom. The van der Waals surface area contributed by atoms with E-state index in [0.717, 1.165) is 11.8 Å². The van der Waals surface area contributed by atoms with Crippen LogP contribution in [-0.4, -0.2) is 16.2 Å². The lowest BCUT2D eigenvalue weighted by atomic mass is 10.2. The van der Waals surface area contributed by atoms with Gasteiger partial charge in [-0.15, -0.1) is 0 Å². The number of rotatable bonds is 6. The first-order chi connectivity index (χ1) is 12.6. The summed E-state index contributed by atoms with van der Waals surface area (Å²) in [5, 5.41) is 7.06. The van der Waals surface area contributed by atoms with Crippen LogP contribution in [0.2, 0.25) is 5.02 Å². The molecule has 0 aliphatic heterocycles. The second kappa shape index (κ2) is 8.35. The Morgan fingerprint density at radius 1 is 1.08 bits per heavy atom. The smallest absolute Gasteiger partial charge is 0.347 e. The average molecular weight is 375 g/mol. The molecule has 0 amide bonds. The van der Waals surface area contributed by atoms with Gasteiger partial charge in [0.1, 0.15) is 5.82 Å². The highest BCUT2D eigenvalue weighted by atomic mass is 35.5. The topological polar surface area (TPSA) is 59.4 Å². The maximum Gasteiger partial charge on any atom is 0.347 e. The predicted molar refractivity (Wildman–Crippen MR) is 95.4 cm³/mol. The third kappa shape index (κ3) is 4.73. The lowest BCUT2D eigenvalue weighted by molar-refractivity contribution is 0.314. The van der Waals surface area contributed by atoms with Gasteiger partial charge in [-0.1, -0.05) is 47.1 Å². The van der Waals surface area contributed by atoms with Gasteiger partial charge in [-0.25, -0.2) is 8.78 Å². The first-order valence-electron chi connectivity index (χ1n) is 7.57. The summed E-state index contributed by atoms with van der Waals surface area (Å²) in [5.74, 6) is -1.19. The van der Waals surface area contributed by atoms with E-state index in [1.165, 1.54) is 12.3 Å². The summed E-state index contributed by atoms with van der Waals surface area (Å²) in [6.07, 6.45) is 2.39. The zero-order chi connectivity index (χ0) is 18.4. The van der Waals surface area contributed by atoms with Crippen LogP contribution in [0, 0.1) is 11.6 Å². The normalized spacial score (nSPS) is 10.9. The van der Waals surface area contributed by atoms with Crippen molar-refractivity contribution in [2.45, 2.75) is 6.54 Å². The minimum atomic E-state index is -0.685. The van der Waals surface area contributed by atoms with Crippen LogP contribution in [0.25, 0.3) is 0 Å².